The van der Waals surface area contributed by atoms with E-state index in [4.69, 9.17) is 12.2 Å². The number of fused-ring (bicyclic) bond motifs is 1. The Morgan fingerprint density at radius 3 is 2.50 bits per heavy atom. The Morgan fingerprint density at radius 2 is 1.92 bits per heavy atom. The van der Waals surface area contributed by atoms with E-state index in [2.05, 4.69) is 5.32 Å². The Balaban J connectivity index is 1.41. The fraction of sp³-hybridized carbons (Fsp3) is 0.346. The van der Waals surface area contributed by atoms with Gasteiger partial charge in [-0.3, -0.25) is 14.9 Å². The number of nitrogens with zero attached hydrogens (tertiary/aromatic N) is 4. The van der Waals surface area contributed by atoms with Crippen LogP contribution in [0, 0.1) is 22.9 Å². The normalized spacial score (nSPS) is 17.5. The summed E-state index contributed by atoms with van der Waals surface area (Å²) >= 11 is 5.59. The minimum Gasteiger partial charge on any atom is -0.477 e. The van der Waals surface area contributed by atoms with Gasteiger partial charge in [0, 0.05) is 61.3 Å². The molecule has 38 heavy (non-hydrogen) atoms. The van der Waals surface area contributed by atoms with Crippen LogP contribution in [0.3, 0.4) is 0 Å². The molecule has 1 saturated heterocycles. The third kappa shape index (κ3) is 4.55. The Morgan fingerprint density at radius 1 is 1.24 bits per heavy atom. The number of non-ortho nitro benzene ring substituents is 1. The fourth-order valence-electron chi connectivity index (χ4n) is 5.03. The number of hydrogen-bond acceptors (Lipinski definition) is 6. The molecule has 12 heteroatoms. The minimum absolute atomic E-state index is 0.0116. The smallest absolute Gasteiger partial charge is 0.341 e. The van der Waals surface area contributed by atoms with Gasteiger partial charge in [0.15, 0.2) is 5.11 Å². The molecule has 1 atom stereocenters. The van der Waals surface area contributed by atoms with Crippen LogP contribution in [0.15, 0.2) is 41.3 Å². The molecular formula is C26H26FN5O5S. The summed E-state index contributed by atoms with van der Waals surface area (Å²) in [6, 6.07) is 7.65. The van der Waals surface area contributed by atoms with Gasteiger partial charge in [0.25, 0.3) is 5.69 Å². The van der Waals surface area contributed by atoms with E-state index >= 15 is 4.39 Å². The molecule has 2 heterocycles. The van der Waals surface area contributed by atoms with Gasteiger partial charge in [-0.1, -0.05) is 0 Å². The molecule has 0 radical (unpaired) electrons. The predicted octanol–water partition coefficient (Wildman–Crippen LogP) is 4.30. The summed E-state index contributed by atoms with van der Waals surface area (Å²) < 4.78 is 17.5. The van der Waals surface area contributed by atoms with E-state index in [1.807, 2.05) is 16.7 Å². The van der Waals surface area contributed by atoms with E-state index in [1.165, 1.54) is 25.3 Å². The number of aromatic carboxylic acids is 1. The molecule has 1 aliphatic heterocycles. The van der Waals surface area contributed by atoms with Crippen molar-refractivity contribution in [2.45, 2.75) is 38.8 Å². The Labute approximate surface area is 222 Å². The van der Waals surface area contributed by atoms with Crippen molar-refractivity contribution < 1.29 is 19.2 Å². The van der Waals surface area contributed by atoms with Crippen LogP contribution in [0.2, 0.25) is 0 Å². The third-order valence-electron chi connectivity index (χ3n) is 7.21. The first-order valence-corrected chi connectivity index (χ1v) is 12.7. The number of rotatable bonds is 5. The Bertz CT molecular complexity index is 1540. The predicted molar refractivity (Wildman–Crippen MR) is 146 cm³/mol. The first-order chi connectivity index (χ1) is 18.1. The standard InChI is InChI=1S/C26H26FN5O5S/c1-14-12-29(9-10-30(14)26(38)28-16-3-5-18(6-4-16)32(36)37)21-11-20-22(15(2)23(21)27)24(33)19(25(34)35)13-31(20)17-7-8-17/h3-6,11,13-14,17H,7-10,12H2,1-2H3,(H,28,38)(H,34,35). The fourth-order valence-corrected chi connectivity index (χ4v) is 5.42. The first kappa shape index (κ1) is 25.6. The highest BCUT2D eigenvalue weighted by molar-refractivity contribution is 7.80. The van der Waals surface area contributed by atoms with Gasteiger partial charge < -0.3 is 24.8 Å². The van der Waals surface area contributed by atoms with Crippen molar-refractivity contribution in [3.05, 3.63) is 73.8 Å². The van der Waals surface area contributed by atoms with Gasteiger partial charge in [-0.15, -0.1) is 0 Å². The first-order valence-electron chi connectivity index (χ1n) is 12.2. The van der Waals surface area contributed by atoms with Crippen molar-refractivity contribution in [2.24, 2.45) is 0 Å². The summed E-state index contributed by atoms with van der Waals surface area (Å²) in [6.45, 7) is 4.93. The van der Waals surface area contributed by atoms with Gasteiger partial charge in [-0.25, -0.2) is 9.18 Å². The molecule has 2 N–H and O–H groups in total. The largest absolute Gasteiger partial charge is 0.477 e. The number of carbonyl (C=O) groups is 1. The van der Waals surface area contributed by atoms with Gasteiger partial charge in [0.2, 0.25) is 5.43 Å². The number of carboxylic acids is 1. The highest BCUT2D eigenvalue weighted by Crippen LogP contribution is 2.39. The molecule has 2 aromatic carbocycles. The monoisotopic (exact) mass is 539 g/mol. The zero-order valence-electron chi connectivity index (χ0n) is 20.8. The topological polar surface area (TPSA) is 121 Å². The lowest BCUT2D eigenvalue weighted by molar-refractivity contribution is -0.384. The van der Waals surface area contributed by atoms with Crippen molar-refractivity contribution in [3.63, 3.8) is 0 Å². The quantitative estimate of drug-likeness (QED) is 0.278. The van der Waals surface area contributed by atoms with Crippen LogP contribution in [0.25, 0.3) is 10.9 Å². The zero-order chi connectivity index (χ0) is 27.3. The summed E-state index contributed by atoms with van der Waals surface area (Å²) in [7, 11) is 0. The lowest BCUT2D eigenvalue weighted by Gasteiger charge is -2.42. The van der Waals surface area contributed by atoms with E-state index in [0.717, 1.165) is 12.8 Å². The number of benzene rings is 2. The minimum atomic E-state index is -1.32. The second-order valence-electron chi connectivity index (χ2n) is 9.77. The van der Waals surface area contributed by atoms with Crippen molar-refractivity contribution in [1.29, 1.82) is 0 Å². The summed E-state index contributed by atoms with van der Waals surface area (Å²) in [4.78, 5) is 39.0. The number of nitrogens with one attached hydrogen (secondary N) is 1. The second-order valence-corrected chi connectivity index (χ2v) is 10.2. The molecule has 1 saturated carbocycles. The van der Waals surface area contributed by atoms with E-state index in [1.54, 1.807) is 22.8 Å². The van der Waals surface area contributed by atoms with Crippen LogP contribution in [-0.2, 0) is 0 Å². The number of anilines is 2. The molecule has 1 aromatic heterocycles. The Kier molecular flexibility index (Phi) is 6.51. The highest BCUT2D eigenvalue weighted by Gasteiger charge is 2.31. The molecule has 198 valence electrons. The average molecular weight is 540 g/mol. The van der Waals surface area contributed by atoms with Crippen molar-refractivity contribution >= 4 is 51.3 Å². The van der Waals surface area contributed by atoms with Crippen LogP contribution in [0.4, 0.5) is 21.5 Å². The van der Waals surface area contributed by atoms with Gasteiger partial charge in [0.1, 0.15) is 11.4 Å². The maximum atomic E-state index is 15.7. The maximum absolute atomic E-state index is 15.7. The van der Waals surface area contributed by atoms with E-state index in [-0.39, 0.29) is 34.3 Å². The molecule has 1 unspecified atom stereocenters. The molecule has 2 fully saturated rings. The van der Waals surface area contributed by atoms with Gasteiger partial charge in [0.05, 0.1) is 21.5 Å². The number of halogens is 1. The average Bonchev–Trinajstić information content (AvgIpc) is 3.71. The van der Waals surface area contributed by atoms with Gasteiger partial charge >= 0.3 is 5.97 Å². The third-order valence-corrected chi connectivity index (χ3v) is 7.54. The van der Waals surface area contributed by atoms with Gasteiger partial charge in [-0.05, 0) is 57.1 Å². The van der Waals surface area contributed by atoms with Crippen molar-refractivity contribution in [3.8, 4) is 0 Å². The van der Waals surface area contributed by atoms with Crippen LogP contribution in [0.1, 0.15) is 41.7 Å². The molecule has 10 nitrogen and oxygen atoms in total. The molecule has 0 amide bonds. The molecule has 2 aliphatic rings. The lowest BCUT2D eigenvalue weighted by Crippen LogP contribution is -2.55. The zero-order valence-corrected chi connectivity index (χ0v) is 21.6. The van der Waals surface area contributed by atoms with Crippen molar-refractivity contribution in [1.82, 2.24) is 9.47 Å². The summed E-state index contributed by atoms with van der Waals surface area (Å²) in [5.41, 5.74) is 0.650. The number of piperazine rings is 1. The molecule has 5 rings (SSSR count). The number of pyridine rings is 1. The number of aryl methyl sites for hydroxylation is 1. The van der Waals surface area contributed by atoms with Crippen LogP contribution >= 0.6 is 12.2 Å². The number of hydrogen-bond donors (Lipinski definition) is 2. The number of thiocarbonyl (C=S) groups is 1. The van der Waals surface area contributed by atoms with Crippen LogP contribution in [0.5, 0.6) is 0 Å². The van der Waals surface area contributed by atoms with E-state index < -0.39 is 22.1 Å². The van der Waals surface area contributed by atoms with Gasteiger partial charge in [-0.2, -0.15) is 0 Å². The van der Waals surface area contributed by atoms with Crippen LogP contribution < -0.4 is 15.6 Å². The van der Waals surface area contributed by atoms with Crippen LogP contribution in [-0.4, -0.2) is 56.3 Å². The molecule has 1 aliphatic carbocycles. The molecule has 3 aromatic rings. The number of nitro groups is 1. The maximum Gasteiger partial charge on any atom is 0.341 e. The summed E-state index contributed by atoms with van der Waals surface area (Å²) in [6.07, 6.45) is 3.13. The molecule has 0 bridgehead atoms. The Hall–Kier alpha value is -4.06. The van der Waals surface area contributed by atoms with Crippen molar-refractivity contribution in [2.75, 3.05) is 29.9 Å². The second kappa shape index (κ2) is 9.67. The number of nitro benzene ring substituents is 1. The van der Waals surface area contributed by atoms with E-state index in [0.29, 0.717) is 41.6 Å². The summed E-state index contributed by atoms with van der Waals surface area (Å²) in [5.74, 6) is -1.86. The SMILES string of the molecule is Cc1c(F)c(N2CCN(C(=S)Nc3ccc([N+](=O)[O-])cc3)C(C)C2)cc2c1c(=O)c(C(=O)O)cn2C1CC1. The number of carboxylic acid groups (broad SMARTS) is 1. The molecule has 0 spiro atoms. The van der Waals surface area contributed by atoms with E-state index in [9.17, 15) is 24.8 Å². The number of aromatic nitrogens is 1. The highest BCUT2D eigenvalue weighted by atomic mass is 32.1. The summed E-state index contributed by atoms with van der Waals surface area (Å²) in [5, 5.41) is 24.1. The lowest BCUT2D eigenvalue weighted by atomic mass is 10.0. The molecular weight excluding hydrogens is 513 g/mol.